The molecule has 0 saturated carbocycles. The highest BCUT2D eigenvalue weighted by Gasteiger charge is 2.19. The molecule has 28 heavy (non-hydrogen) atoms. The lowest BCUT2D eigenvalue weighted by Crippen LogP contribution is -2.19. The molecule has 0 aliphatic rings. The number of anilines is 2. The number of nitrogens with one attached hydrogen (secondary N) is 1. The minimum Gasteiger partial charge on any atom is -0.319 e. The molecule has 2 aromatic carbocycles. The summed E-state index contributed by atoms with van der Waals surface area (Å²) in [5.74, 6) is -2.15. The van der Waals surface area contributed by atoms with Gasteiger partial charge in [0.2, 0.25) is 16.0 Å². The van der Waals surface area contributed by atoms with Gasteiger partial charge in [0, 0.05) is 33.7 Å². The summed E-state index contributed by atoms with van der Waals surface area (Å²) in [5, 5.41) is 1.42. The van der Waals surface area contributed by atoms with E-state index in [0.717, 1.165) is 17.6 Å². The fourth-order valence-electron chi connectivity index (χ4n) is 2.86. The number of H-pyrrole nitrogens is 1. The van der Waals surface area contributed by atoms with Crippen LogP contribution in [-0.2, 0) is 6.54 Å². The summed E-state index contributed by atoms with van der Waals surface area (Å²) in [5.41, 5.74) is 0.414. The van der Waals surface area contributed by atoms with Crippen LogP contribution in [0.5, 0.6) is 0 Å². The fourth-order valence-corrected chi connectivity index (χ4v) is 3.87. The fraction of sp³-hybridized carbons (Fsp3) is 0.0556. The number of hydrogen-bond donors (Lipinski definition) is 1. The van der Waals surface area contributed by atoms with Gasteiger partial charge in [-0.25, -0.2) is 8.78 Å². The Labute approximate surface area is 171 Å². The SMILES string of the molecule is O=c1cc(CN(c2cccc(Cl)c2)c2nc(Cl)ns2)c2ccc(F)c(F)c2[nH]1. The van der Waals surface area contributed by atoms with Crippen molar-refractivity contribution in [1.82, 2.24) is 14.3 Å². The zero-order valence-corrected chi connectivity index (χ0v) is 16.2. The number of benzene rings is 2. The van der Waals surface area contributed by atoms with E-state index < -0.39 is 17.2 Å². The molecule has 0 atom stereocenters. The summed E-state index contributed by atoms with van der Waals surface area (Å²) in [6, 6.07) is 10.8. The Kier molecular flexibility index (Phi) is 5.01. The molecule has 4 rings (SSSR count). The lowest BCUT2D eigenvalue weighted by molar-refractivity contribution is 0.515. The van der Waals surface area contributed by atoms with Crippen LogP contribution < -0.4 is 10.5 Å². The topological polar surface area (TPSA) is 61.9 Å². The summed E-state index contributed by atoms with van der Waals surface area (Å²) < 4.78 is 31.8. The Morgan fingerprint density at radius 1 is 1.14 bits per heavy atom. The van der Waals surface area contributed by atoms with Crippen LogP contribution in [0.2, 0.25) is 10.3 Å². The zero-order valence-electron chi connectivity index (χ0n) is 13.9. The molecule has 0 amide bonds. The number of halogens is 4. The molecule has 0 radical (unpaired) electrons. The van der Waals surface area contributed by atoms with Crippen molar-refractivity contribution in [2.24, 2.45) is 0 Å². The predicted octanol–water partition coefficient (Wildman–Crippen LogP) is 5.30. The van der Waals surface area contributed by atoms with Crippen LogP contribution in [0.4, 0.5) is 19.6 Å². The Bertz CT molecular complexity index is 1240. The van der Waals surface area contributed by atoms with Crippen molar-refractivity contribution in [3.8, 4) is 0 Å². The van der Waals surface area contributed by atoms with Crippen molar-refractivity contribution < 1.29 is 8.78 Å². The van der Waals surface area contributed by atoms with E-state index in [9.17, 15) is 13.6 Å². The van der Waals surface area contributed by atoms with E-state index in [1.54, 1.807) is 29.2 Å². The standard InChI is InChI=1S/C18H10Cl2F2N4OS/c19-10-2-1-3-11(7-10)26(18-24-17(20)25-28-18)8-9-6-14(27)23-16-12(9)4-5-13(21)15(16)22/h1-7H,8H2,(H,23,27). The van der Waals surface area contributed by atoms with E-state index in [4.69, 9.17) is 23.2 Å². The maximum Gasteiger partial charge on any atom is 0.248 e. The number of pyridine rings is 1. The molecular weight excluding hydrogens is 429 g/mol. The van der Waals surface area contributed by atoms with Gasteiger partial charge in [0.25, 0.3) is 0 Å². The maximum atomic E-state index is 14.2. The largest absolute Gasteiger partial charge is 0.319 e. The Hall–Kier alpha value is -2.55. The summed E-state index contributed by atoms with van der Waals surface area (Å²) in [4.78, 5) is 20.3. The summed E-state index contributed by atoms with van der Waals surface area (Å²) in [6.45, 7) is 0.136. The first-order valence-electron chi connectivity index (χ1n) is 7.94. The number of aromatic nitrogens is 3. The molecule has 0 bridgehead atoms. The summed E-state index contributed by atoms with van der Waals surface area (Å²) in [6.07, 6.45) is 0. The van der Waals surface area contributed by atoms with Gasteiger partial charge < -0.3 is 9.88 Å². The van der Waals surface area contributed by atoms with Gasteiger partial charge >= 0.3 is 0 Å². The summed E-state index contributed by atoms with van der Waals surface area (Å²) >= 11 is 13.0. The molecule has 0 aliphatic heterocycles. The molecule has 142 valence electrons. The average molecular weight is 439 g/mol. The Morgan fingerprint density at radius 3 is 2.68 bits per heavy atom. The maximum absolute atomic E-state index is 14.2. The van der Waals surface area contributed by atoms with E-state index >= 15 is 0 Å². The van der Waals surface area contributed by atoms with Crippen molar-refractivity contribution in [3.05, 3.63) is 80.3 Å². The van der Waals surface area contributed by atoms with Crippen LogP contribution in [0, 0.1) is 11.6 Å². The van der Waals surface area contributed by atoms with Crippen LogP contribution in [-0.4, -0.2) is 14.3 Å². The highest BCUT2D eigenvalue weighted by atomic mass is 35.5. The molecule has 5 nitrogen and oxygen atoms in total. The van der Waals surface area contributed by atoms with E-state index in [2.05, 4.69) is 14.3 Å². The molecule has 0 unspecified atom stereocenters. The van der Waals surface area contributed by atoms with Crippen molar-refractivity contribution in [2.75, 3.05) is 4.90 Å². The minimum absolute atomic E-state index is 0.0795. The first kappa shape index (κ1) is 18.8. The third-order valence-corrected chi connectivity index (χ3v) is 5.31. The van der Waals surface area contributed by atoms with E-state index in [0.29, 0.717) is 26.8 Å². The molecule has 1 N–H and O–H groups in total. The smallest absolute Gasteiger partial charge is 0.248 e. The van der Waals surface area contributed by atoms with Crippen molar-refractivity contribution >= 4 is 56.5 Å². The minimum atomic E-state index is -1.11. The number of aromatic amines is 1. The van der Waals surface area contributed by atoms with Gasteiger partial charge in [-0.15, -0.1) is 0 Å². The first-order chi connectivity index (χ1) is 13.4. The second-order valence-corrected chi connectivity index (χ2v) is 7.36. The monoisotopic (exact) mass is 438 g/mol. The molecule has 4 aromatic rings. The Morgan fingerprint density at radius 2 is 1.96 bits per heavy atom. The van der Waals surface area contributed by atoms with Crippen molar-refractivity contribution in [2.45, 2.75) is 6.54 Å². The molecule has 0 fully saturated rings. The second kappa shape index (κ2) is 7.46. The molecule has 0 spiro atoms. The number of hydrogen-bond acceptors (Lipinski definition) is 5. The van der Waals surface area contributed by atoms with Crippen LogP contribution in [0.3, 0.4) is 0 Å². The van der Waals surface area contributed by atoms with E-state index in [1.807, 2.05) is 0 Å². The quantitative estimate of drug-likeness (QED) is 0.469. The van der Waals surface area contributed by atoms with E-state index in [-0.39, 0.29) is 17.3 Å². The van der Waals surface area contributed by atoms with Gasteiger partial charge in [-0.2, -0.15) is 9.36 Å². The molecule has 10 heteroatoms. The summed E-state index contributed by atoms with van der Waals surface area (Å²) in [7, 11) is 0. The van der Waals surface area contributed by atoms with E-state index in [1.165, 1.54) is 12.1 Å². The van der Waals surface area contributed by atoms with Gasteiger partial charge in [0.05, 0.1) is 12.1 Å². The average Bonchev–Trinajstić information content (AvgIpc) is 3.09. The van der Waals surface area contributed by atoms with Crippen LogP contribution in [0.25, 0.3) is 10.9 Å². The van der Waals surface area contributed by atoms with Gasteiger partial charge in [0.1, 0.15) is 0 Å². The highest BCUT2D eigenvalue weighted by Crippen LogP contribution is 2.32. The van der Waals surface area contributed by atoms with Crippen LogP contribution in [0.1, 0.15) is 5.56 Å². The van der Waals surface area contributed by atoms with Crippen LogP contribution >= 0.6 is 34.7 Å². The van der Waals surface area contributed by atoms with Gasteiger partial charge in [-0.3, -0.25) is 4.79 Å². The third-order valence-electron chi connectivity index (χ3n) is 4.06. The normalized spacial score (nSPS) is 11.1. The number of nitrogens with zero attached hydrogens (tertiary/aromatic N) is 3. The first-order valence-corrected chi connectivity index (χ1v) is 9.47. The number of fused-ring (bicyclic) bond motifs is 1. The molecule has 2 aromatic heterocycles. The second-order valence-electron chi connectivity index (χ2n) is 5.85. The van der Waals surface area contributed by atoms with Gasteiger partial charge in [0.15, 0.2) is 11.6 Å². The molecular formula is C18H10Cl2F2N4OS. The predicted molar refractivity (Wildman–Crippen MR) is 107 cm³/mol. The number of rotatable bonds is 4. The van der Waals surface area contributed by atoms with Crippen molar-refractivity contribution in [1.29, 1.82) is 0 Å². The molecule has 0 aliphatic carbocycles. The molecule has 2 heterocycles. The van der Waals surface area contributed by atoms with Gasteiger partial charge in [-0.1, -0.05) is 17.7 Å². The van der Waals surface area contributed by atoms with Crippen LogP contribution in [0.15, 0.2) is 47.3 Å². The van der Waals surface area contributed by atoms with Gasteiger partial charge in [-0.05, 0) is 47.5 Å². The van der Waals surface area contributed by atoms with Crippen molar-refractivity contribution in [3.63, 3.8) is 0 Å². The zero-order chi connectivity index (χ0) is 19.8. The lowest BCUT2D eigenvalue weighted by Gasteiger charge is -2.22. The lowest BCUT2D eigenvalue weighted by atomic mass is 10.1. The third kappa shape index (κ3) is 3.58. The highest BCUT2D eigenvalue weighted by molar-refractivity contribution is 7.10. The Balaban J connectivity index is 1.88. The molecule has 0 saturated heterocycles.